The topological polar surface area (TPSA) is 46.2 Å². The number of hydrogen-bond acceptors (Lipinski definition) is 4. The van der Waals surface area contributed by atoms with Gasteiger partial charge in [0.25, 0.3) is 0 Å². The molecule has 0 radical (unpaired) electrons. The molecule has 3 nitrogen and oxygen atoms in total. The molecule has 0 saturated heterocycles. The Kier molecular flexibility index (Phi) is 7.49. The molecule has 0 spiro atoms. The summed E-state index contributed by atoms with van der Waals surface area (Å²) in [5, 5.41) is 3.26. The number of nitrogens with one attached hydrogen (secondary N) is 1. The lowest BCUT2D eigenvalue weighted by Crippen LogP contribution is -2.28. The number of rotatable bonds is 9. The minimum absolute atomic E-state index is 0.246. The Hall–Kier alpha value is -0.520. The van der Waals surface area contributed by atoms with Crippen LogP contribution in [0, 0.1) is 0 Å². The summed E-state index contributed by atoms with van der Waals surface area (Å²) >= 11 is 1.80. The summed E-state index contributed by atoms with van der Waals surface area (Å²) in [5.74, 6) is 1.51. The highest BCUT2D eigenvalue weighted by molar-refractivity contribution is 7.99. The smallest absolute Gasteiger partial charge is 0.150 e. The fraction of sp³-hybridized carbons (Fsp3) is 0.571. The van der Waals surface area contributed by atoms with Gasteiger partial charge in [0.05, 0.1) is 5.75 Å². The summed E-state index contributed by atoms with van der Waals surface area (Å²) in [6, 6.07) is 10.6. The van der Waals surface area contributed by atoms with Crippen LogP contribution >= 0.6 is 11.8 Å². The van der Waals surface area contributed by atoms with Crippen LogP contribution in [0.15, 0.2) is 35.2 Å². The molecule has 0 aliphatic rings. The first-order valence-electron chi connectivity index (χ1n) is 6.63. The van der Waals surface area contributed by atoms with Crippen molar-refractivity contribution in [1.82, 2.24) is 5.32 Å². The Morgan fingerprint density at radius 1 is 1.26 bits per heavy atom. The van der Waals surface area contributed by atoms with E-state index in [0.29, 0.717) is 11.8 Å². The zero-order valence-corrected chi connectivity index (χ0v) is 13.3. The van der Waals surface area contributed by atoms with E-state index in [1.165, 1.54) is 4.90 Å². The highest BCUT2D eigenvalue weighted by atomic mass is 32.2. The normalized spacial score (nSPS) is 13.4. The molecule has 0 bridgehead atoms. The summed E-state index contributed by atoms with van der Waals surface area (Å²) < 4.78 is 22.8. The van der Waals surface area contributed by atoms with E-state index >= 15 is 0 Å². The number of thioether (sulfide) groups is 1. The molecule has 0 aromatic heterocycles. The molecule has 1 atom stereocenters. The van der Waals surface area contributed by atoms with E-state index in [9.17, 15) is 8.42 Å². The zero-order valence-electron chi connectivity index (χ0n) is 11.6. The lowest BCUT2D eigenvalue weighted by Gasteiger charge is -2.15. The molecule has 1 N–H and O–H groups in total. The predicted molar refractivity (Wildman–Crippen MR) is 83.6 cm³/mol. The van der Waals surface area contributed by atoms with Crippen LogP contribution in [-0.4, -0.2) is 38.8 Å². The first-order valence-corrected chi connectivity index (χ1v) is 9.43. The SMILES string of the molecule is CCS(=O)(=O)CCCC(CSc1ccccc1)NC. The average Bonchev–Trinajstić information content (AvgIpc) is 2.43. The number of benzene rings is 1. The zero-order chi connectivity index (χ0) is 14.1. The van der Waals surface area contributed by atoms with E-state index in [4.69, 9.17) is 0 Å². The van der Waals surface area contributed by atoms with Crippen molar-refractivity contribution in [1.29, 1.82) is 0 Å². The third kappa shape index (κ3) is 6.99. The second-order valence-corrected chi connectivity index (χ2v) is 8.05. The van der Waals surface area contributed by atoms with Gasteiger partial charge in [0.2, 0.25) is 0 Å². The summed E-state index contributed by atoms with van der Waals surface area (Å²) in [4.78, 5) is 1.25. The van der Waals surface area contributed by atoms with E-state index < -0.39 is 9.84 Å². The second-order valence-electron chi connectivity index (χ2n) is 4.49. The molecule has 1 aromatic carbocycles. The van der Waals surface area contributed by atoms with E-state index in [1.807, 2.05) is 25.2 Å². The van der Waals surface area contributed by atoms with Gasteiger partial charge in [-0.15, -0.1) is 11.8 Å². The molecule has 1 aromatic rings. The van der Waals surface area contributed by atoms with Gasteiger partial charge in [-0.2, -0.15) is 0 Å². The van der Waals surface area contributed by atoms with E-state index in [-0.39, 0.29) is 5.75 Å². The molecule has 19 heavy (non-hydrogen) atoms. The van der Waals surface area contributed by atoms with Crippen LogP contribution < -0.4 is 5.32 Å². The third-order valence-corrected chi connectivity index (χ3v) is 6.02. The van der Waals surface area contributed by atoms with Crippen molar-refractivity contribution < 1.29 is 8.42 Å². The van der Waals surface area contributed by atoms with Crippen molar-refractivity contribution in [2.45, 2.75) is 30.7 Å². The predicted octanol–water partition coefficient (Wildman–Crippen LogP) is 2.58. The summed E-state index contributed by atoms with van der Waals surface area (Å²) in [7, 11) is -0.890. The van der Waals surface area contributed by atoms with Gasteiger partial charge in [0, 0.05) is 22.4 Å². The van der Waals surface area contributed by atoms with Crippen molar-refractivity contribution in [3.05, 3.63) is 30.3 Å². The van der Waals surface area contributed by atoms with Crippen molar-refractivity contribution in [2.24, 2.45) is 0 Å². The van der Waals surface area contributed by atoms with Gasteiger partial charge in [-0.1, -0.05) is 25.1 Å². The monoisotopic (exact) mass is 301 g/mol. The minimum atomic E-state index is -2.83. The van der Waals surface area contributed by atoms with Gasteiger partial charge < -0.3 is 5.32 Å². The van der Waals surface area contributed by atoms with Gasteiger partial charge in [-0.25, -0.2) is 8.42 Å². The Balaban J connectivity index is 2.30. The van der Waals surface area contributed by atoms with Gasteiger partial charge in [-0.05, 0) is 32.0 Å². The molecule has 1 rings (SSSR count). The fourth-order valence-corrected chi connectivity index (χ4v) is 3.69. The molecule has 0 amide bonds. The lowest BCUT2D eigenvalue weighted by molar-refractivity contribution is 0.554. The van der Waals surface area contributed by atoms with Crippen LogP contribution in [-0.2, 0) is 9.84 Å². The van der Waals surface area contributed by atoms with Crippen molar-refractivity contribution in [3.63, 3.8) is 0 Å². The fourth-order valence-electron chi connectivity index (χ4n) is 1.72. The first-order chi connectivity index (χ1) is 9.07. The molecular weight excluding hydrogens is 278 g/mol. The molecule has 0 aliphatic carbocycles. The standard InChI is InChI=1S/C14H23NO2S2/c1-3-19(16,17)11-7-8-13(15-2)12-18-14-9-5-4-6-10-14/h4-6,9-10,13,15H,3,7-8,11-12H2,1-2H3. The Morgan fingerprint density at radius 3 is 2.53 bits per heavy atom. The first kappa shape index (κ1) is 16.5. The quantitative estimate of drug-likeness (QED) is 0.712. The van der Waals surface area contributed by atoms with Gasteiger partial charge in [0.1, 0.15) is 9.84 Å². The van der Waals surface area contributed by atoms with Crippen molar-refractivity contribution >= 4 is 21.6 Å². The minimum Gasteiger partial charge on any atom is -0.316 e. The summed E-state index contributed by atoms with van der Waals surface area (Å²) in [6.45, 7) is 1.70. The van der Waals surface area contributed by atoms with Crippen LogP contribution in [0.25, 0.3) is 0 Å². The molecule has 0 aliphatic heterocycles. The molecule has 1 unspecified atom stereocenters. The molecular formula is C14H23NO2S2. The number of sulfone groups is 1. The van der Waals surface area contributed by atoms with Gasteiger partial charge in [0.15, 0.2) is 0 Å². The maximum absolute atomic E-state index is 11.4. The maximum Gasteiger partial charge on any atom is 0.150 e. The molecule has 5 heteroatoms. The third-order valence-electron chi connectivity index (χ3n) is 3.05. The van der Waals surface area contributed by atoms with Gasteiger partial charge in [-0.3, -0.25) is 0 Å². The van der Waals surface area contributed by atoms with Crippen LogP contribution in [0.5, 0.6) is 0 Å². The van der Waals surface area contributed by atoms with Crippen molar-refractivity contribution in [3.8, 4) is 0 Å². The van der Waals surface area contributed by atoms with E-state index in [2.05, 4.69) is 17.4 Å². The van der Waals surface area contributed by atoms with E-state index in [0.717, 1.165) is 18.6 Å². The van der Waals surface area contributed by atoms with Crippen LogP contribution in [0.4, 0.5) is 0 Å². The highest BCUT2D eigenvalue weighted by Crippen LogP contribution is 2.19. The Labute approximate surface area is 121 Å². The van der Waals surface area contributed by atoms with Crippen LogP contribution in [0.3, 0.4) is 0 Å². The number of hydrogen-bond donors (Lipinski definition) is 1. The maximum atomic E-state index is 11.4. The van der Waals surface area contributed by atoms with Crippen LogP contribution in [0.2, 0.25) is 0 Å². The molecule has 0 fully saturated rings. The Bertz CT molecular complexity index is 446. The molecule has 108 valence electrons. The molecule has 0 heterocycles. The van der Waals surface area contributed by atoms with Gasteiger partial charge >= 0.3 is 0 Å². The second kappa shape index (κ2) is 8.61. The summed E-state index contributed by atoms with van der Waals surface area (Å²) in [6.07, 6.45) is 1.63. The average molecular weight is 301 g/mol. The highest BCUT2D eigenvalue weighted by Gasteiger charge is 2.11. The van der Waals surface area contributed by atoms with Crippen LogP contribution in [0.1, 0.15) is 19.8 Å². The largest absolute Gasteiger partial charge is 0.316 e. The summed E-state index contributed by atoms with van der Waals surface area (Å²) in [5.41, 5.74) is 0. The lowest BCUT2D eigenvalue weighted by atomic mass is 10.2. The Morgan fingerprint density at radius 2 is 1.95 bits per heavy atom. The van der Waals surface area contributed by atoms with Crippen molar-refractivity contribution in [2.75, 3.05) is 24.3 Å². The molecule has 0 saturated carbocycles. The van der Waals surface area contributed by atoms with E-state index in [1.54, 1.807) is 18.7 Å².